The van der Waals surface area contributed by atoms with Gasteiger partial charge in [-0.3, -0.25) is 19.2 Å². The van der Waals surface area contributed by atoms with E-state index in [9.17, 15) is 24.0 Å². The molecule has 1 aliphatic rings. The molecule has 4 rings (SSSR count). The van der Waals surface area contributed by atoms with E-state index in [0.717, 1.165) is 4.90 Å². The standard InChI is InChI=1S/C29H24ClN3O6/c1-3-14-39-29(38)20-7-5-9-23(16-20)33-27(36)24(30)25(28(33)37)31-21-12-10-18(11-13-21)26(35)32-22-8-4-6-19(15-22)17(2)34/h4-13,15-16,31H,3,14H2,1-2H3,(H,32,35). The van der Waals surface area contributed by atoms with Crippen LogP contribution in [0.1, 0.15) is 51.3 Å². The molecule has 10 heteroatoms. The molecule has 0 bridgehead atoms. The van der Waals surface area contributed by atoms with Crippen molar-refractivity contribution in [1.82, 2.24) is 0 Å². The highest BCUT2D eigenvalue weighted by Crippen LogP contribution is 2.31. The molecule has 2 N–H and O–H groups in total. The van der Waals surface area contributed by atoms with Gasteiger partial charge in [0.1, 0.15) is 10.7 Å². The number of imide groups is 1. The molecule has 9 nitrogen and oxygen atoms in total. The summed E-state index contributed by atoms with van der Waals surface area (Å²) in [7, 11) is 0. The number of halogens is 1. The zero-order valence-corrected chi connectivity index (χ0v) is 21.9. The summed E-state index contributed by atoms with van der Waals surface area (Å²) in [5.74, 6) is -2.51. The van der Waals surface area contributed by atoms with E-state index in [1.54, 1.807) is 36.4 Å². The number of ether oxygens (including phenoxy) is 1. The van der Waals surface area contributed by atoms with Crippen LogP contribution in [-0.4, -0.2) is 36.1 Å². The number of hydrogen-bond acceptors (Lipinski definition) is 7. The minimum absolute atomic E-state index is 0.116. The van der Waals surface area contributed by atoms with Gasteiger partial charge in [0.2, 0.25) is 0 Å². The molecular weight excluding hydrogens is 522 g/mol. The van der Waals surface area contributed by atoms with Gasteiger partial charge in [0.05, 0.1) is 17.9 Å². The van der Waals surface area contributed by atoms with Gasteiger partial charge in [-0.25, -0.2) is 9.69 Å². The molecule has 0 aliphatic carbocycles. The third kappa shape index (κ3) is 6.05. The van der Waals surface area contributed by atoms with Crippen LogP contribution in [0.3, 0.4) is 0 Å². The number of benzene rings is 3. The van der Waals surface area contributed by atoms with Gasteiger partial charge >= 0.3 is 5.97 Å². The molecule has 0 unspecified atom stereocenters. The van der Waals surface area contributed by atoms with Crippen molar-refractivity contribution in [2.45, 2.75) is 20.3 Å². The molecule has 0 radical (unpaired) electrons. The summed E-state index contributed by atoms with van der Waals surface area (Å²) >= 11 is 6.22. The molecule has 1 heterocycles. The van der Waals surface area contributed by atoms with E-state index in [2.05, 4.69) is 10.6 Å². The fourth-order valence-electron chi connectivity index (χ4n) is 3.76. The maximum atomic E-state index is 13.1. The Morgan fingerprint density at radius 3 is 2.23 bits per heavy atom. The number of rotatable bonds is 9. The summed E-state index contributed by atoms with van der Waals surface area (Å²) in [5.41, 5.74) is 1.93. The second kappa shape index (κ2) is 11.7. The Labute approximate surface area is 229 Å². The van der Waals surface area contributed by atoms with E-state index in [0.29, 0.717) is 28.9 Å². The number of carbonyl (C=O) groups excluding carboxylic acids is 5. The van der Waals surface area contributed by atoms with Crippen LogP contribution in [0.4, 0.5) is 17.1 Å². The molecule has 0 saturated carbocycles. The number of anilines is 3. The lowest BCUT2D eigenvalue weighted by Gasteiger charge is -2.16. The second-order valence-corrected chi connectivity index (χ2v) is 8.99. The summed E-state index contributed by atoms with van der Waals surface area (Å²) in [6.07, 6.45) is 0.656. The summed E-state index contributed by atoms with van der Waals surface area (Å²) in [6, 6.07) is 18.7. The zero-order valence-electron chi connectivity index (χ0n) is 21.1. The van der Waals surface area contributed by atoms with Crippen LogP contribution in [0.5, 0.6) is 0 Å². The predicted octanol–water partition coefficient (Wildman–Crippen LogP) is 5.14. The number of Topliss-reactive ketones (excluding diaryl/α,β-unsaturated/α-hetero) is 1. The smallest absolute Gasteiger partial charge is 0.338 e. The second-order valence-electron chi connectivity index (χ2n) is 8.61. The molecule has 0 aromatic heterocycles. The van der Waals surface area contributed by atoms with Crippen molar-refractivity contribution in [3.8, 4) is 0 Å². The van der Waals surface area contributed by atoms with Crippen LogP contribution in [0.2, 0.25) is 0 Å². The average Bonchev–Trinajstić information content (AvgIpc) is 3.15. The molecule has 3 amide bonds. The Morgan fingerprint density at radius 1 is 0.846 bits per heavy atom. The van der Waals surface area contributed by atoms with Crippen molar-refractivity contribution in [1.29, 1.82) is 0 Å². The normalized spacial score (nSPS) is 12.9. The monoisotopic (exact) mass is 545 g/mol. The highest BCUT2D eigenvalue weighted by Gasteiger charge is 2.39. The largest absolute Gasteiger partial charge is 0.462 e. The minimum Gasteiger partial charge on any atom is -0.462 e. The Bertz CT molecular complexity index is 1510. The lowest BCUT2D eigenvalue weighted by Crippen LogP contribution is -2.32. The summed E-state index contributed by atoms with van der Waals surface area (Å²) in [6.45, 7) is 3.56. The maximum Gasteiger partial charge on any atom is 0.338 e. The first-order chi connectivity index (χ1) is 18.7. The molecule has 0 atom stereocenters. The van der Waals surface area contributed by atoms with Crippen LogP contribution < -0.4 is 15.5 Å². The quantitative estimate of drug-likeness (QED) is 0.217. The van der Waals surface area contributed by atoms with Gasteiger partial charge in [0.15, 0.2) is 5.78 Å². The third-order valence-electron chi connectivity index (χ3n) is 5.75. The number of esters is 1. The van der Waals surface area contributed by atoms with Gasteiger partial charge in [0, 0.05) is 22.5 Å². The van der Waals surface area contributed by atoms with Crippen molar-refractivity contribution >= 4 is 58.1 Å². The van der Waals surface area contributed by atoms with Gasteiger partial charge in [0.25, 0.3) is 17.7 Å². The lowest BCUT2D eigenvalue weighted by atomic mass is 10.1. The van der Waals surface area contributed by atoms with Crippen LogP contribution in [0.15, 0.2) is 83.5 Å². The summed E-state index contributed by atoms with van der Waals surface area (Å²) in [4.78, 5) is 63.3. The number of amides is 3. The van der Waals surface area contributed by atoms with E-state index >= 15 is 0 Å². The fourth-order valence-corrected chi connectivity index (χ4v) is 3.98. The number of nitrogens with one attached hydrogen (secondary N) is 2. The first kappa shape index (κ1) is 27.3. The lowest BCUT2D eigenvalue weighted by molar-refractivity contribution is -0.120. The Kier molecular flexibility index (Phi) is 8.21. The Morgan fingerprint density at radius 2 is 1.54 bits per heavy atom. The van der Waals surface area contributed by atoms with E-state index in [-0.39, 0.29) is 34.4 Å². The average molecular weight is 546 g/mol. The highest BCUT2D eigenvalue weighted by molar-refractivity contribution is 6.53. The molecule has 3 aromatic carbocycles. The zero-order chi connectivity index (χ0) is 28.1. The highest BCUT2D eigenvalue weighted by atomic mass is 35.5. The van der Waals surface area contributed by atoms with Gasteiger partial charge in [-0.1, -0.05) is 36.7 Å². The molecule has 0 spiro atoms. The van der Waals surface area contributed by atoms with Crippen LogP contribution in [0, 0.1) is 0 Å². The SMILES string of the molecule is CCCOC(=O)c1cccc(N2C(=O)C(Cl)=C(Nc3ccc(C(=O)Nc4cccc(C(C)=O)c4)cc3)C2=O)c1. The van der Waals surface area contributed by atoms with E-state index in [1.807, 2.05) is 6.92 Å². The molecule has 0 saturated heterocycles. The van der Waals surface area contributed by atoms with Gasteiger partial charge in [-0.15, -0.1) is 0 Å². The number of carbonyl (C=O) groups is 5. The van der Waals surface area contributed by atoms with Crippen LogP contribution >= 0.6 is 11.6 Å². The first-order valence-corrected chi connectivity index (χ1v) is 12.4. The molecule has 198 valence electrons. The topological polar surface area (TPSA) is 122 Å². The van der Waals surface area contributed by atoms with Gasteiger partial charge in [-0.05, 0) is 67.9 Å². The van der Waals surface area contributed by atoms with E-state index in [4.69, 9.17) is 16.3 Å². The first-order valence-electron chi connectivity index (χ1n) is 12.0. The van der Waals surface area contributed by atoms with Crippen LogP contribution in [0.25, 0.3) is 0 Å². The van der Waals surface area contributed by atoms with E-state index in [1.165, 1.54) is 43.3 Å². The predicted molar refractivity (Wildman–Crippen MR) is 147 cm³/mol. The fraction of sp³-hybridized carbons (Fsp3) is 0.138. The minimum atomic E-state index is -0.743. The molecular formula is C29H24ClN3O6. The van der Waals surface area contributed by atoms with Crippen LogP contribution in [-0.2, 0) is 14.3 Å². The molecule has 0 fully saturated rings. The molecule has 39 heavy (non-hydrogen) atoms. The van der Waals surface area contributed by atoms with Crippen molar-refractivity contribution in [3.63, 3.8) is 0 Å². The van der Waals surface area contributed by atoms with Crippen molar-refractivity contribution < 1.29 is 28.7 Å². The number of ketones is 1. The van der Waals surface area contributed by atoms with Crippen molar-refractivity contribution in [2.75, 3.05) is 22.1 Å². The maximum absolute atomic E-state index is 13.1. The number of hydrogen-bond donors (Lipinski definition) is 2. The molecule has 3 aromatic rings. The summed E-state index contributed by atoms with van der Waals surface area (Å²) < 4.78 is 5.13. The van der Waals surface area contributed by atoms with Crippen molar-refractivity contribution in [3.05, 3.63) is 100 Å². The van der Waals surface area contributed by atoms with Gasteiger partial charge < -0.3 is 15.4 Å². The van der Waals surface area contributed by atoms with Crippen molar-refractivity contribution in [2.24, 2.45) is 0 Å². The molecule has 1 aliphatic heterocycles. The number of nitrogens with zero attached hydrogens (tertiary/aromatic N) is 1. The Balaban J connectivity index is 1.46. The summed E-state index contributed by atoms with van der Waals surface area (Å²) in [5, 5.41) is 5.27. The Hall–Kier alpha value is -4.76. The van der Waals surface area contributed by atoms with Gasteiger partial charge in [-0.2, -0.15) is 0 Å². The third-order valence-corrected chi connectivity index (χ3v) is 6.10. The van der Waals surface area contributed by atoms with E-state index < -0.39 is 23.7 Å².